The van der Waals surface area contributed by atoms with Crippen molar-refractivity contribution in [2.24, 2.45) is 4.99 Å². The van der Waals surface area contributed by atoms with E-state index in [4.69, 9.17) is 34.8 Å². The monoisotopic (exact) mass is 444 g/mol. The Kier molecular flexibility index (Phi) is 5.04. The van der Waals surface area contributed by atoms with Crippen molar-refractivity contribution < 1.29 is 14.7 Å². The SMILES string of the molecule is O=C1c2ccccc2C(=O)N1c1ccc(N=Cc2cc(Cl)cc(Cl)c2O)c(Cl)c1. The third kappa shape index (κ3) is 3.49. The van der Waals surface area contributed by atoms with Crippen molar-refractivity contribution in [2.45, 2.75) is 0 Å². The highest BCUT2D eigenvalue weighted by molar-refractivity contribution is 6.37. The number of hydrogen-bond donors (Lipinski definition) is 1. The van der Waals surface area contributed by atoms with E-state index in [1.54, 1.807) is 36.4 Å². The number of carbonyl (C=O) groups is 2. The molecule has 0 aromatic heterocycles. The molecule has 0 radical (unpaired) electrons. The van der Waals surface area contributed by atoms with E-state index in [2.05, 4.69) is 4.99 Å². The Balaban J connectivity index is 1.65. The lowest BCUT2D eigenvalue weighted by Gasteiger charge is -2.14. The minimum atomic E-state index is -0.406. The summed E-state index contributed by atoms with van der Waals surface area (Å²) in [6.07, 6.45) is 1.37. The van der Waals surface area contributed by atoms with Crippen molar-refractivity contribution in [3.63, 3.8) is 0 Å². The Labute approximate surface area is 180 Å². The van der Waals surface area contributed by atoms with Gasteiger partial charge in [0.25, 0.3) is 11.8 Å². The summed E-state index contributed by atoms with van der Waals surface area (Å²) in [6.45, 7) is 0. The molecule has 1 N–H and O–H groups in total. The van der Waals surface area contributed by atoms with Crippen molar-refractivity contribution in [1.29, 1.82) is 0 Å². The van der Waals surface area contributed by atoms with E-state index in [-0.39, 0.29) is 15.8 Å². The van der Waals surface area contributed by atoms with Gasteiger partial charge in [0.2, 0.25) is 0 Å². The van der Waals surface area contributed by atoms with Gasteiger partial charge in [0, 0.05) is 16.8 Å². The third-order valence-corrected chi connectivity index (χ3v) is 5.19. The number of hydrogen-bond acceptors (Lipinski definition) is 4. The predicted octanol–water partition coefficient (Wildman–Crippen LogP) is 5.90. The summed E-state index contributed by atoms with van der Waals surface area (Å²) >= 11 is 18.1. The summed E-state index contributed by atoms with van der Waals surface area (Å²) < 4.78 is 0. The van der Waals surface area contributed by atoms with E-state index in [0.717, 1.165) is 4.90 Å². The number of benzene rings is 3. The van der Waals surface area contributed by atoms with Crippen molar-refractivity contribution >= 4 is 64.2 Å². The molecule has 0 spiro atoms. The fourth-order valence-corrected chi connectivity index (χ4v) is 3.72. The second kappa shape index (κ2) is 7.52. The number of aromatic hydroxyl groups is 1. The summed E-state index contributed by atoms with van der Waals surface area (Å²) in [4.78, 5) is 30.5. The van der Waals surface area contributed by atoms with Crippen LogP contribution in [0.25, 0.3) is 0 Å². The number of aliphatic imine (C=N–C) groups is 1. The van der Waals surface area contributed by atoms with Crippen LogP contribution in [0.3, 0.4) is 0 Å². The smallest absolute Gasteiger partial charge is 0.266 e. The van der Waals surface area contributed by atoms with Crippen LogP contribution in [0.2, 0.25) is 15.1 Å². The van der Waals surface area contributed by atoms with Crippen LogP contribution in [0.1, 0.15) is 26.3 Å². The molecule has 144 valence electrons. The molecule has 5 nitrogen and oxygen atoms in total. The number of halogens is 3. The maximum atomic E-state index is 12.6. The highest BCUT2D eigenvalue weighted by Crippen LogP contribution is 2.35. The molecule has 0 unspecified atom stereocenters. The van der Waals surface area contributed by atoms with Crippen LogP contribution >= 0.6 is 34.8 Å². The molecule has 3 aromatic rings. The number of phenols is 1. The number of fused-ring (bicyclic) bond motifs is 1. The fourth-order valence-electron chi connectivity index (χ4n) is 2.99. The quantitative estimate of drug-likeness (QED) is 0.403. The minimum absolute atomic E-state index is 0.103. The number of amides is 2. The van der Waals surface area contributed by atoms with Crippen LogP contribution in [0.4, 0.5) is 11.4 Å². The molecule has 0 fully saturated rings. The molecule has 0 saturated carbocycles. The van der Waals surface area contributed by atoms with Crippen LogP contribution < -0.4 is 4.90 Å². The van der Waals surface area contributed by atoms with Gasteiger partial charge in [-0.15, -0.1) is 0 Å². The molecule has 4 rings (SSSR count). The Morgan fingerprint density at radius 2 is 1.52 bits per heavy atom. The molecule has 0 saturated heterocycles. The van der Waals surface area contributed by atoms with E-state index >= 15 is 0 Å². The second-order valence-electron chi connectivity index (χ2n) is 6.21. The van der Waals surface area contributed by atoms with E-state index in [9.17, 15) is 14.7 Å². The van der Waals surface area contributed by atoms with Gasteiger partial charge in [0.1, 0.15) is 5.75 Å². The highest BCUT2D eigenvalue weighted by atomic mass is 35.5. The van der Waals surface area contributed by atoms with Gasteiger partial charge in [-0.05, 0) is 42.5 Å². The molecular formula is C21H11Cl3N2O3. The average Bonchev–Trinajstić information content (AvgIpc) is 2.95. The summed E-state index contributed by atoms with van der Waals surface area (Å²) in [7, 11) is 0. The first-order valence-electron chi connectivity index (χ1n) is 8.36. The molecule has 3 aromatic carbocycles. The van der Waals surface area contributed by atoms with E-state index in [1.807, 2.05) is 0 Å². The average molecular weight is 446 g/mol. The minimum Gasteiger partial charge on any atom is -0.506 e. The Morgan fingerprint density at radius 3 is 2.14 bits per heavy atom. The molecule has 29 heavy (non-hydrogen) atoms. The third-order valence-electron chi connectivity index (χ3n) is 4.38. The van der Waals surface area contributed by atoms with E-state index < -0.39 is 11.8 Å². The van der Waals surface area contributed by atoms with Crippen LogP contribution in [0, 0.1) is 0 Å². The zero-order valence-corrected chi connectivity index (χ0v) is 16.8. The summed E-state index contributed by atoms with van der Waals surface area (Å²) in [5.74, 6) is -0.966. The highest BCUT2D eigenvalue weighted by Gasteiger charge is 2.36. The molecule has 1 heterocycles. The number of phenolic OH excluding ortho intramolecular Hbond substituents is 1. The first-order chi connectivity index (χ1) is 13.9. The zero-order chi connectivity index (χ0) is 20.7. The summed E-state index contributed by atoms with van der Waals surface area (Å²) in [6, 6.07) is 14.2. The lowest BCUT2D eigenvalue weighted by atomic mass is 10.1. The summed E-state index contributed by atoms with van der Waals surface area (Å²) in [5.41, 5.74) is 1.74. The van der Waals surface area contributed by atoms with Gasteiger partial charge in [0.15, 0.2) is 0 Å². The number of imide groups is 1. The maximum absolute atomic E-state index is 12.6. The normalized spacial score (nSPS) is 13.4. The van der Waals surface area contributed by atoms with Gasteiger partial charge in [-0.2, -0.15) is 0 Å². The standard InChI is InChI=1S/C21H11Cl3N2O3/c22-12-7-11(19(27)17(24)8-12)10-25-18-6-5-13(9-16(18)23)26-20(28)14-3-1-2-4-15(14)21(26)29/h1-10,27H. The molecule has 0 atom stereocenters. The van der Waals surface area contributed by atoms with Gasteiger partial charge in [-0.1, -0.05) is 46.9 Å². The van der Waals surface area contributed by atoms with Crippen molar-refractivity contribution in [3.8, 4) is 5.75 Å². The second-order valence-corrected chi connectivity index (χ2v) is 7.46. The van der Waals surface area contributed by atoms with Crippen molar-refractivity contribution in [1.82, 2.24) is 0 Å². The number of rotatable bonds is 3. The predicted molar refractivity (Wildman–Crippen MR) is 114 cm³/mol. The molecule has 0 bridgehead atoms. The van der Waals surface area contributed by atoms with Crippen molar-refractivity contribution in [3.05, 3.63) is 86.4 Å². The lowest BCUT2D eigenvalue weighted by molar-refractivity contribution is 0.0926. The van der Waals surface area contributed by atoms with Crippen LogP contribution in [-0.2, 0) is 0 Å². The van der Waals surface area contributed by atoms with Gasteiger partial charge >= 0.3 is 0 Å². The Hall–Kier alpha value is -2.86. The van der Waals surface area contributed by atoms with Crippen LogP contribution in [-0.4, -0.2) is 23.1 Å². The van der Waals surface area contributed by atoms with E-state index in [1.165, 1.54) is 24.4 Å². The van der Waals surface area contributed by atoms with Crippen LogP contribution in [0.15, 0.2) is 59.6 Å². The number of carbonyl (C=O) groups excluding carboxylic acids is 2. The van der Waals surface area contributed by atoms with Gasteiger partial charge in [-0.3, -0.25) is 14.6 Å². The molecule has 0 aliphatic carbocycles. The van der Waals surface area contributed by atoms with Gasteiger partial charge < -0.3 is 5.11 Å². The van der Waals surface area contributed by atoms with E-state index in [0.29, 0.717) is 33.1 Å². The molecule has 1 aliphatic heterocycles. The number of nitrogens with zero attached hydrogens (tertiary/aromatic N) is 2. The molecule has 8 heteroatoms. The summed E-state index contributed by atoms with van der Waals surface area (Å²) in [5, 5.41) is 10.7. The topological polar surface area (TPSA) is 70.0 Å². The van der Waals surface area contributed by atoms with Crippen LogP contribution in [0.5, 0.6) is 5.75 Å². The first-order valence-corrected chi connectivity index (χ1v) is 9.49. The largest absolute Gasteiger partial charge is 0.506 e. The lowest BCUT2D eigenvalue weighted by Crippen LogP contribution is -2.29. The van der Waals surface area contributed by atoms with Gasteiger partial charge in [-0.25, -0.2) is 4.90 Å². The van der Waals surface area contributed by atoms with Crippen molar-refractivity contribution in [2.75, 3.05) is 4.90 Å². The first kappa shape index (κ1) is 19.5. The molecular weight excluding hydrogens is 435 g/mol. The Bertz CT molecular complexity index is 1170. The number of anilines is 1. The fraction of sp³-hybridized carbons (Fsp3) is 0. The molecule has 2 amide bonds. The van der Waals surface area contributed by atoms with Gasteiger partial charge in [0.05, 0.1) is 32.5 Å². The Morgan fingerprint density at radius 1 is 0.862 bits per heavy atom. The molecule has 1 aliphatic rings. The maximum Gasteiger partial charge on any atom is 0.266 e. The zero-order valence-electron chi connectivity index (χ0n) is 14.6.